The van der Waals surface area contributed by atoms with Crippen molar-refractivity contribution in [2.75, 3.05) is 10.8 Å². The van der Waals surface area contributed by atoms with Crippen LogP contribution in [0.1, 0.15) is 19.8 Å². The Hall–Kier alpha value is -1.90. The minimum absolute atomic E-state index is 0.0374. The highest BCUT2D eigenvalue weighted by atomic mass is 32.2. The van der Waals surface area contributed by atoms with E-state index in [-0.39, 0.29) is 22.4 Å². The van der Waals surface area contributed by atoms with Crippen molar-refractivity contribution in [3.63, 3.8) is 0 Å². The molecule has 0 radical (unpaired) electrons. The maximum atomic E-state index is 13.0. The molecule has 0 aliphatic heterocycles. The first-order chi connectivity index (χ1) is 11.8. The van der Waals surface area contributed by atoms with E-state index in [9.17, 15) is 16.8 Å². The lowest BCUT2D eigenvalue weighted by Gasteiger charge is -2.23. The van der Waals surface area contributed by atoms with E-state index in [1.54, 1.807) is 37.3 Å². The van der Waals surface area contributed by atoms with Gasteiger partial charge < -0.3 is 0 Å². The number of nitrogens with zero attached hydrogens (tertiary/aromatic N) is 1. The summed E-state index contributed by atoms with van der Waals surface area (Å²) in [6.45, 7) is 1.98. The normalized spacial score (nSPS) is 15.1. The Morgan fingerprint density at radius 1 is 0.960 bits per heavy atom. The first-order valence-corrected chi connectivity index (χ1v) is 11.0. The van der Waals surface area contributed by atoms with Crippen LogP contribution < -0.4 is 9.03 Å². The Labute approximate surface area is 148 Å². The summed E-state index contributed by atoms with van der Waals surface area (Å²) >= 11 is 0. The van der Waals surface area contributed by atoms with Gasteiger partial charge in [0, 0.05) is 12.6 Å². The molecule has 0 atom stereocenters. The van der Waals surface area contributed by atoms with Crippen LogP contribution in [0.15, 0.2) is 64.4 Å². The Kier molecular flexibility index (Phi) is 4.86. The fourth-order valence-corrected chi connectivity index (χ4v) is 5.45. The number of hydrogen-bond acceptors (Lipinski definition) is 4. The van der Waals surface area contributed by atoms with E-state index in [2.05, 4.69) is 4.72 Å². The summed E-state index contributed by atoms with van der Waals surface area (Å²) in [4.78, 5) is -0.0820. The highest BCUT2D eigenvalue weighted by Crippen LogP contribution is 2.26. The van der Waals surface area contributed by atoms with Crippen molar-refractivity contribution in [2.45, 2.75) is 35.6 Å². The highest BCUT2D eigenvalue weighted by Gasteiger charge is 2.29. The molecule has 1 fully saturated rings. The van der Waals surface area contributed by atoms with Gasteiger partial charge in [0.15, 0.2) is 0 Å². The number of benzene rings is 2. The van der Waals surface area contributed by atoms with Gasteiger partial charge in [0.25, 0.3) is 10.0 Å². The lowest BCUT2D eigenvalue weighted by molar-refractivity contribution is 0.580. The fraction of sp³-hybridized carbons (Fsp3) is 0.294. The standard InChI is InChI=1S/C17H20N2O4S2/c1-2-19(15-7-4-3-5-8-15)25(22,23)17-10-6-9-16(13-17)24(20,21)18-14-11-12-14/h3-10,13-14,18H,2,11-12H2,1H3. The van der Waals surface area contributed by atoms with Gasteiger partial charge in [0.05, 0.1) is 15.5 Å². The molecule has 8 heteroatoms. The van der Waals surface area contributed by atoms with Crippen molar-refractivity contribution in [3.8, 4) is 0 Å². The molecule has 3 rings (SSSR count). The molecule has 1 aliphatic rings. The van der Waals surface area contributed by atoms with E-state index < -0.39 is 20.0 Å². The molecule has 1 N–H and O–H groups in total. The summed E-state index contributed by atoms with van der Waals surface area (Å²) in [7, 11) is -7.57. The molecule has 0 aromatic heterocycles. The monoisotopic (exact) mass is 380 g/mol. The van der Waals surface area contributed by atoms with Crippen LogP contribution in [0.4, 0.5) is 5.69 Å². The largest absolute Gasteiger partial charge is 0.267 e. The molecule has 1 aliphatic carbocycles. The molecule has 2 aromatic rings. The Balaban J connectivity index is 1.98. The van der Waals surface area contributed by atoms with Crippen LogP contribution in [-0.2, 0) is 20.0 Å². The lowest BCUT2D eigenvalue weighted by Crippen LogP contribution is -2.31. The smallest absolute Gasteiger partial charge is 0.264 e. The number of hydrogen-bond donors (Lipinski definition) is 1. The van der Waals surface area contributed by atoms with E-state index in [1.165, 1.54) is 28.6 Å². The average molecular weight is 380 g/mol. The minimum atomic E-state index is -3.86. The number of sulfonamides is 2. The number of anilines is 1. The summed E-state index contributed by atoms with van der Waals surface area (Å²) in [5.41, 5.74) is 0.536. The van der Waals surface area contributed by atoms with Gasteiger partial charge in [0.1, 0.15) is 0 Å². The topological polar surface area (TPSA) is 83.6 Å². The van der Waals surface area contributed by atoms with Crippen molar-refractivity contribution >= 4 is 25.7 Å². The molecule has 0 saturated heterocycles. The van der Waals surface area contributed by atoms with E-state index in [4.69, 9.17) is 0 Å². The summed E-state index contributed by atoms with van der Waals surface area (Å²) in [5, 5.41) is 0. The number of para-hydroxylation sites is 1. The third kappa shape index (κ3) is 3.86. The van der Waals surface area contributed by atoms with Gasteiger partial charge in [-0.25, -0.2) is 21.6 Å². The van der Waals surface area contributed by atoms with Crippen LogP contribution in [0.5, 0.6) is 0 Å². The summed E-state index contributed by atoms with van der Waals surface area (Å²) in [5.74, 6) is 0. The first kappa shape index (κ1) is 17.9. The van der Waals surface area contributed by atoms with Gasteiger partial charge in [-0.1, -0.05) is 24.3 Å². The Bertz CT molecular complexity index is 953. The van der Waals surface area contributed by atoms with Crippen LogP contribution >= 0.6 is 0 Å². The molecule has 0 amide bonds. The predicted molar refractivity (Wildman–Crippen MR) is 96.4 cm³/mol. The van der Waals surface area contributed by atoms with Crippen molar-refractivity contribution in [1.29, 1.82) is 0 Å². The molecular weight excluding hydrogens is 360 g/mol. The zero-order chi connectivity index (χ0) is 18.1. The molecule has 0 unspecified atom stereocenters. The molecule has 1 saturated carbocycles. The van der Waals surface area contributed by atoms with Crippen LogP contribution in [0, 0.1) is 0 Å². The number of nitrogens with one attached hydrogen (secondary N) is 1. The van der Waals surface area contributed by atoms with E-state index >= 15 is 0 Å². The van der Waals surface area contributed by atoms with Crippen molar-refractivity contribution in [3.05, 3.63) is 54.6 Å². The summed E-state index contributed by atoms with van der Waals surface area (Å²) < 4.78 is 54.5. The zero-order valence-electron chi connectivity index (χ0n) is 13.8. The quantitative estimate of drug-likeness (QED) is 0.799. The lowest BCUT2D eigenvalue weighted by atomic mass is 10.3. The van der Waals surface area contributed by atoms with Gasteiger partial charge in [-0.05, 0) is 50.1 Å². The molecule has 0 bridgehead atoms. The van der Waals surface area contributed by atoms with Crippen LogP contribution in [-0.4, -0.2) is 29.4 Å². The van der Waals surface area contributed by atoms with Crippen LogP contribution in [0.2, 0.25) is 0 Å². The van der Waals surface area contributed by atoms with Crippen molar-refractivity contribution in [2.24, 2.45) is 0 Å². The zero-order valence-corrected chi connectivity index (χ0v) is 15.4. The van der Waals surface area contributed by atoms with Gasteiger partial charge >= 0.3 is 0 Å². The second-order valence-corrected chi connectivity index (χ2v) is 9.45. The first-order valence-electron chi connectivity index (χ1n) is 8.05. The second kappa shape index (κ2) is 6.78. The van der Waals surface area contributed by atoms with Gasteiger partial charge in [-0.3, -0.25) is 4.31 Å². The second-order valence-electron chi connectivity index (χ2n) is 5.88. The van der Waals surface area contributed by atoms with Gasteiger partial charge in [-0.2, -0.15) is 0 Å². The summed E-state index contributed by atoms with van der Waals surface area (Å²) in [6, 6.07) is 14.2. The predicted octanol–water partition coefficient (Wildman–Crippen LogP) is 2.34. The highest BCUT2D eigenvalue weighted by molar-refractivity contribution is 7.93. The molecule has 2 aromatic carbocycles. The van der Waals surface area contributed by atoms with Crippen molar-refractivity contribution < 1.29 is 16.8 Å². The third-order valence-corrected chi connectivity index (χ3v) is 7.35. The van der Waals surface area contributed by atoms with Crippen LogP contribution in [0.25, 0.3) is 0 Å². The van der Waals surface area contributed by atoms with E-state index in [0.717, 1.165) is 12.8 Å². The third-order valence-electron chi connectivity index (χ3n) is 3.93. The maximum absolute atomic E-state index is 13.0. The van der Waals surface area contributed by atoms with Gasteiger partial charge in [0.2, 0.25) is 10.0 Å². The molecule has 0 heterocycles. The Morgan fingerprint density at radius 2 is 1.60 bits per heavy atom. The SMILES string of the molecule is CCN(c1ccccc1)S(=O)(=O)c1cccc(S(=O)(=O)NC2CC2)c1. The minimum Gasteiger partial charge on any atom is -0.267 e. The number of rotatable bonds is 7. The van der Waals surface area contributed by atoms with E-state index in [1.807, 2.05) is 0 Å². The fourth-order valence-electron chi connectivity index (χ4n) is 2.50. The Morgan fingerprint density at radius 3 is 2.20 bits per heavy atom. The van der Waals surface area contributed by atoms with Crippen molar-refractivity contribution in [1.82, 2.24) is 4.72 Å². The van der Waals surface area contributed by atoms with E-state index in [0.29, 0.717) is 5.69 Å². The molecule has 0 spiro atoms. The molecule has 25 heavy (non-hydrogen) atoms. The van der Waals surface area contributed by atoms with Crippen LogP contribution in [0.3, 0.4) is 0 Å². The molecule has 6 nitrogen and oxygen atoms in total. The summed E-state index contributed by atoms with van der Waals surface area (Å²) in [6.07, 6.45) is 1.63. The molecule has 134 valence electrons. The van der Waals surface area contributed by atoms with Gasteiger partial charge in [-0.15, -0.1) is 0 Å². The maximum Gasteiger partial charge on any atom is 0.264 e. The molecular formula is C17H20N2O4S2. The average Bonchev–Trinajstić information content (AvgIpc) is 3.40.